The number of nitrogens with zero attached hydrogens (tertiary/aromatic N) is 9. The average Bonchev–Trinajstić information content (AvgIpc) is 3.93. The third kappa shape index (κ3) is 13.6. The Kier molecular flexibility index (Phi) is 13.9. The van der Waals surface area contributed by atoms with Gasteiger partial charge in [0.1, 0.15) is 51.9 Å². The van der Waals surface area contributed by atoms with Crippen molar-refractivity contribution in [2.75, 3.05) is 52.3 Å². The van der Waals surface area contributed by atoms with Gasteiger partial charge in [-0.05, 0) is 95.9 Å². The second-order valence-electron chi connectivity index (χ2n) is 19.3. The lowest BCUT2D eigenvalue weighted by atomic mass is 10.2. The Morgan fingerprint density at radius 2 is 1.02 bits per heavy atom. The Balaban J connectivity index is 0.000000241. The van der Waals surface area contributed by atoms with Crippen molar-refractivity contribution in [2.24, 2.45) is 0 Å². The van der Waals surface area contributed by atoms with E-state index in [0.29, 0.717) is 61.4 Å². The van der Waals surface area contributed by atoms with Gasteiger partial charge in [-0.15, -0.1) is 0 Å². The molecule has 64 heavy (non-hydrogen) atoms. The molecule has 0 unspecified atom stereocenters. The van der Waals surface area contributed by atoms with Gasteiger partial charge in [-0.1, -0.05) is 0 Å². The van der Waals surface area contributed by atoms with E-state index in [9.17, 15) is 29.3 Å². The van der Waals surface area contributed by atoms with Crippen LogP contribution in [0.2, 0.25) is 0 Å². The molecule has 6 heterocycles. The second-order valence-corrected chi connectivity index (χ2v) is 19.3. The molecular formula is C40H60N14O10. The summed E-state index contributed by atoms with van der Waals surface area (Å²) < 4.78 is 23.9. The summed E-state index contributed by atoms with van der Waals surface area (Å²) >= 11 is 0. The molecule has 0 aliphatic carbocycles. The lowest BCUT2D eigenvalue weighted by Gasteiger charge is -2.23. The number of hydrogen-bond donors (Lipinski definition) is 5. The van der Waals surface area contributed by atoms with Gasteiger partial charge in [0.2, 0.25) is 5.65 Å². The molecule has 24 nitrogen and oxygen atoms in total. The van der Waals surface area contributed by atoms with Crippen molar-refractivity contribution in [3.63, 3.8) is 0 Å². The minimum Gasteiger partial charge on any atom is -0.444 e. The van der Waals surface area contributed by atoms with E-state index >= 15 is 0 Å². The van der Waals surface area contributed by atoms with Crippen molar-refractivity contribution in [3.8, 4) is 0 Å². The zero-order valence-corrected chi connectivity index (χ0v) is 38.4. The molecule has 6 N–H and O–H groups in total. The fourth-order valence-corrected chi connectivity index (χ4v) is 6.47. The molecule has 24 heteroatoms. The molecule has 4 aromatic heterocycles. The summed E-state index contributed by atoms with van der Waals surface area (Å²) in [6.07, 6.45) is 1.60. The normalized spacial score (nSPS) is 16.8. The second kappa shape index (κ2) is 18.5. The first-order valence-corrected chi connectivity index (χ1v) is 20.7. The van der Waals surface area contributed by atoms with Crippen LogP contribution in [0.25, 0.3) is 11.3 Å². The van der Waals surface area contributed by atoms with Crippen LogP contribution in [0.1, 0.15) is 95.9 Å². The Labute approximate surface area is 370 Å². The molecule has 0 aromatic carbocycles. The van der Waals surface area contributed by atoms with Gasteiger partial charge < -0.3 is 45.1 Å². The topological polar surface area (TPSA) is 289 Å². The SMILES string of the molecule is CC(C)(C)OC(=O)Nc1cc(N2CC[C@H](NC(=O)OC(C)(C)C)C2)nc2c(N)cnn12.CC(C)(C)OC(=O)Nc1cc(N2CC[C@H](NC(=O)OC(C)(C)C)C2)nc2c([N+](=O)[O-])cnn12. The summed E-state index contributed by atoms with van der Waals surface area (Å²) in [6, 6.07) is 2.99. The van der Waals surface area contributed by atoms with Crippen molar-refractivity contribution >= 4 is 70.3 Å². The smallest absolute Gasteiger partial charge is 0.413 e. The Morgan fingerprint density at radius 1 is 0.641 bits per heavy atom. The van der Waals surface area contributed by atoms with E-state index in [1.807, 2.05) is 30.6 Å². The minimum atomic E-state index is -0.731. The van der Waals surface area contributed by atoms with E-state index in [4.69, 9.17) is 24.7 Å². The molecule has 0 saturated carbocycles. The number of nitro groups is 1. The molecule has 0 radical (unpaired) electrons. The van der Waals surface area contributed by atoms with Crippen molar-refractivity contribution < 1.29 is 43.0 Å². The first-order valence-electron chi connectivity index (χ1n) is 20.7. The highest BCUT2D eigenvalue weighted by Gasteiger charge is 2.31. The number of fused-ring (bicyclic) bond motifs is 2. The third-order valence-electron chi connectivity index (χ3n) is 8.85. The number of rotatable bonds is 7. The van der Waals surface area contributed by atoms with E-state index < -0.39 is 51.7 Å². The Bertz CT molecular complexity index is 2370. The number of amides is 4. The quantitative estimate of drug-likeness (QED) is 0.0826. The van der Waals surface area contributed by atoms with Crippen LogP contribution < -0.4 is 36.8 Å². The largest absolute Gasteiger partial charge is 0.444 e. The molecule has 2 saturated heterocycles. The summed E-state index contributed by atoms with van der Waals surface area (Å²) in [7, 11) is 0. The van der Waals surface area contributed by atoms with Crippen LogP contribution in [-0.2, 0) is 18.9 Å². The average molecular weight is 897 g/mol. The van der Waals surface area contributed by atoms with Gasteiger partial charge >= 0.3 is 30.1 Å². The molecule has 0 spiro atoms. The van der Waals surface area contributed by atoms with Gasteiger partial charge in [-0.3, -0.25) is 20.7 Å². The van der Waals surface area contributed by atoms with Crippen LogP contribution in [0, 0.1) is 10.1 Å². The maximum absolute atomic E-state index is 12.3. The highest BCUT2D eigenvalue weighted by Crippen LogP contribution is 2.29. The van der Waals surface area contributed by atoms with E-state index in [1.165, 1.54) is 15.2 Å². The number of hydrogen-bond acceptors (Lipinski definition) is 17. The fourth-order valence-electron chi connectivity index (χ4n) is 6.47. The molecule has 350 valence electrons. The van der Waals surface area contributed by atoms with Crippen LogP contribution in [0.3, 0.4) is 0 Å². The van der Waals surface area contributed by atoms with Gasteiger partial charge in [-0.2, -0.15) is 19.2 Å². The molecule has 2 aliphatic rings. The van der Waals surface area contributed by atoms with Gasteiger partial charge in [0.05, 0.1) is 28.9 Å². The number of alkyl carbamates (subject to hydrolysis) is 2. The predicted octanol–water partition coefficient (Wildman–Crippen LogP) is 5.85. The van der Waals surface area contributed by atoms with Crippen LogP contribution in [0.4, 0.5) is 53.8 Å². The number of nitrogens with two attached hydrogens (primary N) is 1. The minimum absolute atomic E-state index is 0.0212. The fraction of sp³-hybridized carbons (Fsp3) is 0.600. The zero-order valence-electron chi connectivity index (χ0n) is 38.4. The summed E-state index contributed by atoms with van der Waals surface area (Å²) in [6.45, 7) is 23.5. The van der Waals surface area contributed by atoms with E-state index in [2.05, 4.69) is 41.4 Å². The van der Waals surface area contributed by atoms with E-state index in [0.717, 1.165) is 12.6 Å². The molecule has 6 rings (SSSR count). The van der Waals surface area contributed by atoms with Crippen LogP contribution in [-0.4, -0.2) is 119 Å². The molecule has 4 amide bonds. The molecule has 2 atom stereocenters. The molecule has 2 aliphatic heterocycles. The maximum atomic E-state index is 12.3. The number of aromatic nitrogens is 6. The number of ether oxygens (including phenoxy) is 4. The standard InChI is InChI=1S/C20H29N7O6.C20H31N7O4/c1-19(2,3)32-17(28)22-12-7-8-25(11-12)14-9-15(24-18(29)33-20(4,5)6)26-16(23-14)13(10-21-26)27(30)31;1-19(2,3)30-17(28)23-12-7-8-26(11-12)14-9-15(25-18(29)31-20(4,5)6)27-16(24-14)13(21)10-22-27/h9-10,12H,7-8,11H2,1-6H3,(H,22,28)(H,24,29);9-10,12H,7-8,11,21H2,1-6H3,(H,23,28)(H,25,29)/t2*12-/m00/s1. The predicted molar refractivity (Wildman–Crippen MR) is 237 cm³/mol. The molecule has 0 bridgehead atoms. The Morgan fingerprint density at radius 3 is 1.42 bits per heavy atom. The van der Waals surface area contributed by atoms with Crippen molar-refractivity contribution in [3.05, 3.63) is 34.6 Å². The zero-order chi connectivity index (χ0) is 47.5. The highest BCUT2D eigenvalue weighted by molar-refractivity contribution is 5.86. The van der Waals surface area contributed by atoms with Crippen molar-refractivity contribution in [1.29, 1.82) is 0 Å². The summed E-state index contributed by atoms with van der Waals surface area (Å²) in [4.78, 5) is 72.5. The molecule has 4 aromatic rings. The maximum Gasteiger partial charge on any atom is 0.413 e. The lowest BCUT2D eigenvalue weighted by Crippen LogP contribution is -2.40. The monoisotopic (exact) mass is 896 g/mol. The van der Waals surface area contributed by atoms with Crippen LogP contribution in [0.15, 0.2) is 24.5 Å². The van der Waals surface area contributed by atoms with Gasteiger partial charge in [0.15, 0.2) is 5.65 Å². The number of anilines is 5. The summed E-state index contributed by atoms with van der Waals surface area (Å²) in [5.41, 5.74) is 3.96. The van der Waals surface area contributed by atoms with Crippen LogP contribution >= 0.6 is 0 Å². The summed E-state index contributed by atoms with van der Waals surface area (Å²) in [5.74, 6) is 1.56. The first kappa shape index (κ1) is 48.2. The van der Waals surface area contributed by atoms with Gasteiger partial charge in [0, 0.05) is 38.3 Å². The van der Waals surface area contributed by atoms with Crippen molar-refractivity contribution in [2.45, 2.75) is 130 Å². The molecular weight excluding hydrogens is 837 g/mol. The highest BCUT2D eigenvalue weighted by atomic mass is 16.6. The first-order chi connectivity index (χ1) is 29.5. The van der Waals surface area contributed by atoms with Gasteiger partial charge in [0.25, 0.3) is 0 Å². The van der Waals surface area contributed by atoms with E-state index in [-0.39, 0.29) is 29.2 Å². The molecule has 2 fully saturated rings. The van der Waals surface area contributed by atoms with Crippen molar-refractivity contribution in [1.82, 2.24) is 39.8 Å². The number of nitrogens with one attached hydrogen (secondary N) is 4. The van der Waals surface area contributed by atoms with E-state index in [1.54, 1.807) is 74.4 Å². The number of nitrogen functional groups attached to an aromatic ring is 1. The summed E-state index contributed by atoms with van der Waals surface area (Å²) in [5, 5.41) is 30.6. The lowest BCUT2D eigenvalue weighted by molar-refractivity contribution is -0.383. The number of carbonyl (C=O) groups is 4. The third-order valence-corrected chi connectivity index (χ3v) is 8.85. The van der Waals surface area contributed by atoms with Crippen LogP contribution in [0.5, 0.6) is 0 Å². The van der Waals surface area contributed by atoms with Gasteiger partial charge in [-0.25, -0.2) is 29.1 Å². The Hall–Kier alpha value is -6.88. The number of carbonyl (C=O) groups excluding carboxylic acids is 4.